The van der Waals surface area contributed by atoms with Crippen LogP contribution in [0.3, 0.4) is 0 Å². The molecule has 1 saturated heterocycles. The van der Waals surface area contributed by atoms with Gasteiger partial charge in [0.25, 0.3) is 0 Å². The van der Waals surface area contributed by atoms with E-state index in [1.54, 1.807) is 0 Å². The largest absolute Gasteiger partial charge is 0.419 e. The maximum absolute atomic E-state index is 13.2. The van der Waals surface area contributed by atoms with E-state index in [9.17, 15) is 22.4 Å². The van der Waals surface area contributed by atoms with Crippen molar-refractivity contribution in [3.8, 4) is 0 Å². The van der Waals surface area contributed by atoms with Gasteiger partial charge >= 0.3 is 6.18 Å². The first-order valence-corrected chi connectivity index (χ1v) is 5.49. The highest BCUT2D eigenvalue weighted by Crippen LogP contribution is 2.31. The summed E-state index contributed by atoms with van der Waals surface area (Å²) in [5, 5.41) is 2.89. The lowest BCUT2D eigenvalue weighted by Gasteiger charge is -2.26. The summed E-state index contributed by atoms with van der Waals surface area (Å²) in [5.74, 6) is -1.46. The third-order valence-electron chi connectivity index (χ3n) is 2.93. The number of carbonyl (C=O) groups is 1. The molecule has 1 heterocycles. The van der Waals surface area contributed by atoms with Gasteiger partial charge in [-0.05, 0) is 30.7 Å². The average molecular weight is 298 g/mol. The van der Waals surface area contributed by atoms with Crippen LogP contribution in [0.1, 0.15) is 17.5 Å². The predicted molar refractivity (Wildman–Crippen MR) is 63.8 cm³/mol. The van der Waals surface area contributed by atoms with E-state index in [2.05, 4.69) is 5.32 Å². The topological polar surface area (TPSA) is 29.1 Å². The van der Waals surface area contributed by atoms with Crippen molar-refractivity contribution in [3.63, 3.8) is 0 Å². The lowest BCUT2D eigenvalue weighted by Crippen LogP contribution is -2.49. The summed E-state index contributed by atoms with van der Waals surface area (Å²) in [4.78, 5) is 11.6. The van der Waals surface area contributed by atoms with Gasteiger partial charge in [0.1, 0.15) is 5.82 Å². The van der Waals surface area contributed by atoms with Crippen molar-refractivity contribution in [3.05, 3.63) is 35.1 Å². The van der Waals surface area contributed by atoms with Crippen molar-refractivity contribution in [2.75, 3.05) is 6.54 Å². The van der Waals surface area contributed by atoms with E-state index in [0.29, 0.717) is 6.07 Å². The second-order valence-electron chi connectivity index (χ2n) is 4.25. The van der Waals surface area contributed by atoms with E-state index in [-0.39, 0.29) is 36.2 Å². The Hall–Kier alpha value is -1.14. The molecule has 1 aliphatic heterocycles. The van der Waals surface area contributed by atoms with Crippen molar-refractivity contribution in [2.45, 2.75) is 25.1 Å². The van der Waals surface area contributed by atoms with Gasteiger partial charge in [-0.3, -0.25) is 4.79 Å². The molecule has 1 aromatic carbocycles. The van der Waals surface area contributed by atoms with Gasteiger partial charge in [0.15, 0.2) is 5.78 Å². The molecule has 0 amide bonds. The lowest BCUT2D eigenvalue weighted by atomic mass is 9.96. The zero-order chi connectivity index (χ0) is 13.3. The Morgan fingerprint density at radius 3 is 2.42 bits per heavy atom. The summed E-state index contributed by atoms with van der Waals surface area (Å²) in [6, 6.07) is 2.35. The fourth-order valence-electron chi connectivity index (χ4n) is 1.79. The van der Waals surface area contributed by atoms with Crippen LogP contribution in [0.4, 0.5) is 17.6 Å². The van der Waals surface area contributed by atoms with Crippen LogP contribution in [0.25, 0.3) is 0 Å². The molecule has 1 fully saturated rings. The van der Waals surface area contributed by atoms with E-state index in [4.69, 9.17) is 0 Å². The minimum Gasteiger partial charge on any atom is -0.307 e. The van der Waals surface area contributed by atoms with Crippen molar-refractivity contribution >= 4 is 18.2 Å². The zero-order valence-corrected chi connectivity index (χ0v) is 10.6. The monoisotopic (exact) mass is 297 g/mol. The van der Waals surface area contributed by atoms with Gasteiger partial charge in [-0.15, -0.1) is 12.4 Å². The third-order valence-corrected chi connectivity index (χ3v) is 2.93. The number of carbonyl (C=O) groups excluding carboxylic acids is 1. The zero-order valence-electron chi connectivity index (χ0n) is 9.76. The molecule has 0 unspecified atom stereocenters. The van der Waals surface area contributed by atoms with Crippen LogP contribution in [-0.4, -0.2) is 18.4 Å². The second kappa shape index (κ2) is 5.88. The van der Waals surface area contributed by atoms with Crippen molar-refractivity contribution in [2.24, 2.45) is 0 Å². The Labute approximate surface area is 113 Å². The van der Waals surface area contributed by atoms with E-state index >= 15 is 0 Å². The molecule has 7 heteroatoms. The number of Topliss-reactive ketones (excluding diaryl/α,β-unsaturated/α-hetero) is 1. The van der Waals surface area contributed by atoms with Crippen LogP contribution in [0.15, 0.2) is 18.2 Å². The number of benzene rings is 1. The van der Waals surface area contributed by atoms with Gasteiger partial charge < -0.3 is 5.32 Å². The molecule has 0 bridgehead atoms. The van der Waals surface area contributed by atoms with Gasteiger partial charge in [0.05, 0.1) is 11.6 Å². The first-order chi connectivity index (χ1) is 8.38. The summed E-state index contributed by atoms with van der Waals surface area (Å²) >= 11 is 0. The highest BCUT2D eigenvalue weighted by Gasteiger charge is 2.34. The molecule has 0 radical (unpaired) electrons. The van der Waals surface area contributed by atoms with Crippen LogP contribution < -0.4 is 5.32 Å². The highest BCUT2D eigenvalue weighted by atomic mass is 35.5. The fourth-order valence-corrected chi connectivity index (χ4v) is 1.79. The molecule has 1 aliphatic rings. The Bertz CT molecular complexity index is 471. The van der Waals surface area contributed by atoms with Crippen LogP contribution >= 0.6 is 12.4 Å². The highest BCUT2D eigenvalue weighted by molar-refractivity contribution is 5.86. The molecule has 0 aromatic heterocycles. The molecule has 0 spiro atoms. The number of ketones is 1. The molecule has 2 rings (SSSR count). The molecular formula is C12H12ClF4NO. The molecule has 1 atom stereocenters. The Morgan fingerprint density at radius 1 is 1.37 bits per heavy atom. The molecule has 19 heavy (non-hydrogen) atoms. The average Bonchev–Trinajstić information content (AvgIpc) is 2.11. The smallest absolute Gasteiger partial charge is 0.307 e. The fraction of sp³-hybridized carbons (Fsp3) is 0.417. The van der Waals surface area contributed by atoms with E-state index in [0.717, 1.165) is 25.1 Å². The Kier molecular flexibility index (Phi) is 4.92. The third kappa shape index (κ3) is 3.67. The molecule has 1 N–H and O–H groups in total. The summed E-state index contributed by atoms with van der Waals surface area (Å²) in [5.41, 5.74) is -1.04. The van der Waals surface area contributed by atoms with Crippen molar-refractivity contribution < 1.29 is 22.4 Å². The first kappa shape index (κ1) is 15.9. The van der Waals surface area contributed by atoms with E-state index < -0.39 is 17.6 Å². The summed E-state index contributed by atoms with van der Waals surface area (Å²) < 4.78 is 50.2. The standard InChI is InChI=1S/C12H11F4NO.ClH/c13-9-5-7(1-2-8(9)12(14,15)16)6-11(18)10-3-4-17-10;/h1-2,5,10,17H,3-4,6H2;1H/t10-;/m0./s1. The van der Waals surface area contributed by atoms with Crippen LogP contribution in [0.2, 0.25) is 0 Å². The molecule has 0 aliphatic carbocycles. The molecular weight excluding hydrogens is 286 g/mol. The lowest BCUT2D eigenvalue weighted by molar-refractivity contribution is -0.140. The predicted octanol–water partition coefficient (Wildman–Crippen LogP) is 2.74. The quantitative estimate of drug-likeness (QED) is 0.869. The Morgan fingerprint density at radius 2 is 2.00 bits per heavy atom. The van der Waals surface area contributed by atoms with Crippen LogP contribution in [-0.2, 0) is 17.4 Å². The molecule has 1 aromatic rings. The normalized spacial score (nSPS) is 18.4. The van der Waals surface area contributed by atoms with Crippen LogP contribution in [0.5, 0.6) is 0 Å². The number of rotatable bonds is 3. The first-order valence-electron chi connectivity index (χ1n) is 5.49. The number of hydrogen-bond donors (Lipinski definition) is 1. The van der Waals surface area contributed by atoms with Gasteiger partial charge in [-0.25, -0.2) is 4.39 Å². The van der Waals surface area contributed by atoms with Crippen molar-refractivity contribution in [1.29, 1.82) is 0 Å². The minimum atomic E-state index is -4.71. The number of nitrogens with one attached hydrogen (secondary N) is 1. The SMILES string of the molecule is Cl.O=C(Cc1ccc(C(F)(F)F)c(F)c1)[C@@H]1CCN1. The summed E-state index contributed by atoms with van der Waals surface area (Å²) in [7, 11) is 0. The minimum absolute atomic E-state index is 0. The number of halogens is 5. The number of hydrogen-bond acceptors (Lipinski definition) is 2. The van der Waals surface area contributed by atoms with Gasteiger partial charge in [0, 0.05) is 6.42 Å². The summed E-state index contributed by atoms with van der Waals surface area (Å²) in [6.45, 7) is 0.762. The maximum Gasteiger partial charge on any atom is 0.419 e. The molecule has 2 nitrogen and oxygen atoms in total. The molecule has 106 valence electrons. The summed E-state index contributed by atoms with van der Waals surface area (Å²) in [6.07, 6.45) is -4.03. The maximum atomic E-state index is 13.2. The van der Waals surface area contributed by atoms with E-state index in [1.165, 1.54) is 0 Å². The second-order valence-corrected chi connectivity index (χ2v) is 4.25. The van der Waals surface area contributed by atoms with Crippen molar-refractivity contribution in [1.82, 2.24) is 5.32 Å². The van der Waals surface area contributed by atoms with Gasteiger partial charge in [-0.1, -0.05) is 6.07 Å². The van der Waals surface area contributed by atoms with Gasteiger partial charge in [0.2, 0.25) is 0 Å². The van der Waals surface area contributed by atoms with Crippen LogP contribution in [0, 0.1) is 5.82 Å². The molecule has 0 saturated carbocycles. The number of alkyl halides is 3. The van der Waals surface area contributed by atoms with Gasteiger partial charge in [-0.2, -0.15) is 13.2 Å². The Balaban J connectivity index is 0.00000180. The van der Waals surface area contributed by atoms with E-state index in [1.807, 2.05) is 0 Å².